The summed E-state index contributed by atoms with van der Waals surface area (Å²) in [6, 6.07) is 8.44. The second-order valence-electron chi connectivity index (χ2n) is 6.21. The number of hydrogen-bond acceptors (Lipinski definition) is 6. The van der Waals surface area contributed by atoms with Crippen LogP contribution in [0.1, 0.15) is 24.8 Å². The zero-order valence-corrected chi connectivity index (χ0v) is 15.5. The van der Waals surface area contributed by atoms with E-state index in [0.717, 1.165) is 37.5 Å². The Labute approximate surface area is 161 Å². The first kappa shape index (κ1) is 19.7. The Morgan fingerprint density at radius 2 is 1.79 bits per heavy atom. The van der Waals surface area contributed by atoms with Crippen LogP contribution in [0, 0.1) is 27.3 Å². The van der Waals surface area contributed by atoms with Crippen LogP contribution in [0.5, 0.6) is 11.5 Å². The minimum atomic E-state index is -3.86. The molecule has 28 heavy (non-hydrogen) atoms. The summed E-state index contributed by atoms with van der Waals surface area (Å²) in [5, 5.41) is 20.2. The molecule has 1 aliphatic heterocycles. The Kier molecular flexibility index (Phi) is 5.58. The van der Waals surface area contributed by atoms with Crippen molar-refractivity contribution in [2.24, 2.45) is 0 Å². The fourth-order valence-corrected chi connectivity index (χ4v) is 4.45. The van der Waals surface area contributed by atoms with E-state index in [4.69, 9.17) is 10.00 Å². The van der Waals surface area contributed by atoms with Gasteiger partial charge in [-0.25, -0.2) is 12.8 Å². The van der Waals surface area contributed by atoms with Crippen molar-refractivity contribution in [3.8, 4) is 17.6 Å². The largest absolute Gasteiger partial charge is 0.447 e. The van der Waals surface area contributed by atoms with E-state index in [0.29, 0.717) is 13.1 Å². The van der Waals surface area contributed by atoms with Crippen molar-refractivity contribution < 1.29 is 22.5 Å². The van der Waals surface area contributed by atoms with Crippen molar-refractivity contribution >= 4 is 15.7 Å². The van der Waals surface area contributed by atoms with E-state index in [2.05, 4.69) is 0 Å². The van der Waals surface area contributed by atoms with Crippen LogP contribution in [-0.2, 0) is 10.0 Å². The van der Waals surface area contributed by atoms with Gasteiger partial charge in [0.05, 0.1) is 21.5 Å². The number of nitro benzene ring substituents is 1. The molecule has 1 fully saturated rings. The summed E-state index contributed by atoms with van der Waals surface area (Å²) in [5.41, 5.74) is -0.524. The van der Waals surface area contributed by atoms with E-state index in [1.54, 1.807) is 6.07 Å². The van der Waals surface area contributed by atoms with Gasteiger partial charge < -0.3 is 4.74 Å². The average Bonchev–Trinajstić information content (AvgIpc) is 2.70. The molecular weight excluding hydrogens is 389 g/mol. The van der Waals surface area contributed by atoms with Crippen molar-refractivity contribution in [2.45, 2.75) is 24.2 Å². The second-order valence-corrected chi connectivity index (χ2v) is 8.15. The molecule has 2 aromatic rings. The lowest BCUT2D eigenvalue weighted by atomic mass is 10.2. The third-order valence-corrected chi connectivity index (χ3v) is 6.26. The van der Waals surface area contributed by atoms with Gasteiger partial charge in [-0.3, -0.25) is 10.1 Å². The quantitative estimate of drug-likeness (QED) is 0.555. The fraction of sp³-hybridized carbons (Fsp3) is 0.278. The molecular formula is C18H16FN3O5S. The predicted octanol–water partition coefficient (Wildman–Crippen LogP) is 3.57. The molecule has 0 aliphatic carbocycles. The molecule has 1 heterocycles. The van der Waals surface area contributed by atoms with Gasteiger partial charge in [0.2, 0.25) is 15.8 Å². The summed E-state index contributed by atoms with van der Waals surface area (Å²) in [6.07, 6.45) is 2.41. The average molecular weight is 405 g/mol. The molecule has 0 radical (unpaired) electrons. The summed E-state index contributed by atoms with van der Waals surface area (Å²) >= 11 is 0. The fourth-order valence-electron chi connectivity index (χ4n) is 2.91. The highest BCUT2D eigenvalue weighted by molar-refractivity contribution is 7.89. The van der Waals surface area contributed by atoms with Gasteiger partial charge in [0, 0.05) is 19.2 Å². The summed E-state index contributed by atoms with van der Waals surface area (Å²) in [6.45, 7) is 0.732. The Bertz CT molecular complexity index is 1060. The van der Waals surface area contributed by atoms with Gasteiger partial charge >= 0.3 is 5.69 Å². The zero-order valence-electron chi connectivity index (χ0n) is 14.7. The van der Waals surface area contributed by atoms with Gasteiger partial charge in [-0.2, -0.15) is 9.57 Å². The van der Waals surface area contributed by atoms with Crippen LogP contribution >= 0.6 is 0 Å². The maximum atomic E-state index is 14.0. The van der Waals surface area contributed by atoms with Crippen LogP contribution in [0.4, 0.5) is 10.1 Å². The Morgan fingerprint density at radius 3 is 2.39 bits per heavy atom. The predicted molar refractivity (Wildman–Crippen MR) is 96.9 cm³/mol. The summed E-state index contributed by atoms with van der Waals surface area (Å²) in [4.78, 5) is 10.4. The molecule has 0 aromatic heterocycles. The smallest absolute Gasteiger partial charge is 0.312 e. The van der Waals surface area contributed by atoms with Crippen molar-refractivity contribution in [3.63, 3.8) is 0 Å². The van der Waals surface area contributed by atoms with Crippen LogP contribution in [0.25, 0.3) is 0 Å². The van der Waals surface area contributed by atoms with Crippen molar-refractivity contribution in [1.29, 1.82) is 5.26 Å². The molecule has 2 aromatic carbocycles. The molecule has 1 saturated heterocycles. The topological polar surface area (TPSA) is 114 Å². The van der Waals surface area contributed by atoms with Gasteiger partial charge in [-0.1, -0.05) is 6.42 Å². The SMILES string of the molecule is N#Cc1ccc(Oc2ccc(S(=O)(=O)N3CCCCC3)cc2[N+](=O)[O-])c(F)c1. The van der Waals surface area contributed by atoms with Gasteiger partial charge in [0.25, 0.3) is 0 Å². The maximum absolute atomic E-state index is 14.0. The number of benzene rings is 2. The van der Waals surface area contributed by atoms with E-state index in [9.17, 15) is 22.9 Å². The molecule has 0 amide bonds. The first-order valence-electron chi connectivity index (χ1n) is 8.49. The van der Waals surface area contributed by atoms with Gasteiger partial charge in [0.1, 0.15) is 0 Å². The first-order valence-corrected chi connectivity index (χ1v) is 9.93. The van der Waals surface area contributed by atoms with Crippen LogP contribution in [0.15, 0.2) is 41.3 Å². The molecule has 3 rings (SSSR count). The van der Waals surface area contributed by atoms with Crippen molar-refractivity contribution in [2.75, 3.05) is 13.1 Å². The molecule has 146 valence electrons. The molecule has 8 nitrogen and oxygen atoms in total. The number of rotatable bonds is 5. The summed E-state index contributed by atoms with van der Waals surface area (Å²) in [7, 11) is -3.86. The zero-order chi connectivity index (χ0) is 20.3. The molecule has 0 saturated carbocycles. The number of nitriles is 1. The Morgan fingerprint density at radius 1 is 1.11 bits per heavy atom. The second kappa shape index (κ2) is 7.92. The Hall–Kier alpha value is -3.03. The van der Waals surface area contributed by atoms with Crippen molar-refractivity contribution in [1.82, 2.24) is 4.31 Å². The molecule has 0 unspecified atom stereocenters. The van der Waals surface area contributed by atoms with E-state index in [-0.39, 0.29) is 22.0 Å². The maximum Gasteiger partial charge on any atom is 0.312 e. The Balaban J connectivity index is 1.96. The van der Waals surface area contributed by atoms with E-state index in [1.165, 1.54) is 22.5 Å². The molecule has 0 N–H and O–H groups in total. The molecule has 0 bridgehead atoms. The minimum absolute atomic E-state index is 0.0716. The highest BCUT2D eigenvalue weighted by atomic mass is 32.2. The van der Waals surface area contributed by atoms with E-state index in [1.807, 2.05) is 0 Å². The summed E-state index contributed by atoms with van der Waals surface area (Å²) < 4.78 is 46.1. The molecule has 10 heteroatoms. The van der Waals surface area contributed by atoms with Gasteiger partial charge in [0.15, 0.2) is 11.6 Å². The lowest BCUT2D eigenvalue weighted by Crippen LogP contribution is -2.35. The van der Waals surface area contributed by atoms with Crippen LogP contribution in [0.2, 0.25) is 0 Å². The number of nitro groups is 1. The molecule has 0 atom stereocenters. The third-order valence-electron chi connectivity index (χ3n) is 4.36. The van der Waals surface area contributed by atoms with Crippen molar-refractivity contribution in [3.05, 3.63) is 57.9 Å². The van der Waals surface area contributed by atoms with E-state index >= 15 is 0 Å². The number of piperidine rings is 1. The normalized spacial score (nSPS) is 15.0. The first-order chi connectivity index (χ1) is 13.3. The highest BCUT2D eigenvalue weighted by Gasteiger charge is 2.29. The van der Waals surface area contributed by atoms with Crippen LogP contribution in [-0.4, -0.2) is 30.7 Å². The lowest BCUT2D eigenvalue weighted by Gasteiger charge is -2.25. The lowest BCUT2D eigenvalue weighted by molar-refractivity contribution is -0.385. The van der Waals surface area contributed by atoms with E-state index < -0.39 is 26.5 Å². The highest BCUT2D eigenvalue weighted by Crippen LogP contribution is 2.35. The number of halogens is 1. The number of ether oxygens (including phenoxy) is 1. The standard InChI is InChI=1S/C18H16FN3O5S/c19-15-10-13(12-20)4-6-17(15)27-18-7-5-14(11-16(18)22(23)24)28(25,26)21-8-2-1-3-9-21/h4-7,10-11H,1-3,8-9H2. The van der Waals surface area contributed by atoms with Gasteiger partial charge in [-0.05, 0) is 43.2 Å². The van der Waals surface area contributed by atoms with Crippen LogP contribution < -0.4 is 4.74 Å². The number of sulfonamides is 1. The monoisotopic (exact) mass is 405 g/mol. The van der Waals surface area contributed by atoms with Gasteiger partial charge in [-0.15, -0.1) is 0 Å². The molecule has 0 spiro atoms. The summed E-state index contributed by atoms with van der Waals surface area (Å²) in [5.74, 6) is -1.47. The van der Waals surface area contributed by atoms with Crippen LogP contribution in [0.3, 0.4) is 0 Å². The molecule has 1 aliphatic rings. The third kappa shape index (κ3) is 3.95. The minimum Gasteiger partial charge on any atom is -0.447 e. The number of nitrogens with zero attached hydrogens (tertiary/aromatic N) is 3. The number of hydrogen-bond donors (Lipinski definition) is 0.